The molecule has 0 atom stereocenters. The Kier molecular flexibility index (Phi) is 3.75. The topological polar surface area (TPSA) is 63.8 Å². The number of aliphatic hydroxyl groups excluding tert-OH is 1. The summed E-state index contributed by atoms with van der Waals surface area (Å²) in [6.45, 7) is 0. The van der Waals surface area contributed by atoms with Gasteiger partial charge in [0.05, 0.1) is 29.4 Å². The zero-order valence-electron chi connectivity index (χ0n) is 12.6. The fourth-order valence-corrected chi connectivity index (χ4v) is 3.45. The van der Waals surface area contributed by atoms with Gasteiger partial charge < -0.3 is 5.11 Å². The molecule has 2 heterocycles. The molecular formula is C17H17ClN4O. The minimum atomic E-state index is -0.189. The van der Waals surface area contributed by atoms with Crippen LogP contribution in [0.15, 0.2) is 36.5 Å². The number of rotatable bonds is 2. The first-order valence-electron chi connectivity index (χ1n) is 7.86. The third-order valence-corrected chi connectivity index (χ3v) is 4.65. The normalized spacial score (nSPS) is 21.7. The van der Waals surface area contributed by atoms with Crippen LogP contribution in [0.3, 0.4) is 0 Å². The first kappa shape index (κ1) is 14.6. The van der Waals surface area contributed by atoms with Crippen LogP contribution < -0.4 is 0 Å². The van der Waals surface area contributed by atoms with E-state index in [0.29, 0.717) is 0 Å². The van der Waals surface area contributed by atoms with Crippen molar-refractivity contribution < 1.29 is 5.11 Å². The molecule has 1 aliphatic carbocycles. The second kappa shape index (κ2) is 5.91. The fraction of sp³-hybridized carbons (Fsp3) is 0.353. The maximum atomic E-state index is 9.70. The van der Waals surface area contributed by atoms with Crippen molar-refractivity contribution in [2.75, 3.05) is 0 Å². The number of nitrogens with zero attached hydrogens (tertiary/aromatic N) is 4. The van der Waals surface area contributed by atoms with E-state index in [4.69, 9.17) is 11.6 Å². The predicted molar refractivity (Wildman–Crippen MR) is 89.3 cm³/mol. The number of aromatic nitrogens is 4. The number of halogens is 1. The molecule has 3 aromatic rings. The lowest BCUT2D eigenvalue weighted by atomic mass is 9.93. The highest BCUT2D eigenvalue weighted by Gasteiger charge is 2.24. The smallest absolute Gasteiger partial charge is 0.225 e. The van der Waals surface area contributed by atoms with Gasteiger partial charge >= 0.3 is 0 Å². The molecule has 4 rings (SSSR count). The number of aliphatic hydroxyl groups is 1. The summed E-state index contributed by atoms with van der Waals surface area (Å²) in [5, 5.41) is 15.4. The van der Waals surface area contributed by atoms with Crippen LogP contribution in [-0.2, 0) is 0 Å². The van der Waals surface area contributed by atoms with Crippen LogP contribution in [0.2, 0.25) is 5.28 Å². The Morgan fingerprint density at radius 1 is 1.04 bits per heavy atom. The number of benzene rings is 1. The highest BCUT2D eigenvalue weighted by Crippen LogP contribution is 2.33. The molecule has 0 bridgehead atoms. The Hall–Kier alpha value is -1.98. The molecule has 0 radical (unpaired) electrons. The van der Waals surface area contributed by atoms with Crippen LogP contribution in [0.4, 0.5) is 0 Å². The maximum Gasteiger partial charge on any atom is 0.225 e. The average molecular weight is 329 g/mol. The number of fused-ring (bicyclic) bond motifs is 1. The Morgan fingerprint density at radius 3 is 2.52 bits per heavy atom. The second-order valence-electron chi connectivity index (χ2n) is 6.00. The van der Waals surface area contributed by atoms with E-state index < -0.39 is 0 Å². The first-order valence-corrected chi connectivity index (χ1v) is 8.24. The highest BCUT2D eigenvalue weighted by atomic mass is 35.5. The molecule has 1 aliphatic rings. The zero-order chi connectivity index (χ0) is 15.8. The van der Waals surface area contributed by atoms with Gasteiger partial charge in [-0.15, -0.1) is 0 Å². The van der Waals surface area contributed by atoms with Crippen molar-refractivity contribution in [3.63, 3.8) is 0 Å². The molecule has 118 valence electrons. The second-order valence-corrected chi connectivity index (χ2v) is 6.33. The molecule has 1 aromatic carbocycles. The van der Waals surface area contributed by atoms with Gasteiger partial charge in [0.25, 0.3) is 0 Å². The summed E-state index contributed by atoms with van der Waals surface area (Å²) in [5.74, 6) is 0. The van der Waals surface area contributed by atoms with Crippen molar-refractivity contribution in [1.82, 2.24) is 19.7 Å². The molecule has 1 saturated carbocycles. The number of hydrogen-bond donors (Lipinski definition) is 1. The van der Waals surface area contributed by atoms with Crippen LogP contribution >= 0.6 is 11.6 Å². The molecule has 6 heteroatoms. The summed E-state index contributed by atoms with van der Waals surface area (Å²) in [6.07, 6.45) is 5.04. The van der Waals surface area contributed by atoms with Gasteiger partial charge in [0.1, 0.15) is 0 Å². The quantitative estimate of drug-likeness (QED) is 0.730. The summed E-state index contributed by atoms with van der Waals surface area (Å²) in [6, 6.07) is 10.2. The molecule has 1 N–H and O–H groups in total. The average Bonchev–Trinajstić information content (AvgIpc) is 2.99. The van der Waals surface area contributed by atoms with E-state index in [9.17, 15) is 5.11 Å². The largest absolute Gasteiger partial charge is 0.393 e. The Labute approximate surface area is 138 Å². The van der Waals surface area contributed by atoms with Crippen LogP contribution in [0.5, 0.6) is 0 Å². The monoisotopic (exact) mass is 328 g/mol. The summed E-state index contributed by atoms with van der Waals surface area (Å²) < 4.78 is 1.95. The van der Waals surface area contributed by atoms with Gasteiger partial charge in [-0.25, -0.2) is 9.67 Å². The van der Waals surface area contributed by atoms with Gasteiger partial charge in [-0.3, -0.25) is 0 Å². The molecule has 2 aromatic heterocycles. The molecule has 0 spiro atoms. The van der Waals surface area contributed by atoms with Crippen LogP contribution in [0.25, 0.3) is 22.3 Å². The third kappa shape index (κ3) is 2.71. The van der Waals surface area contributed by atoms with E-state index in [1.807, 2.05) is 41.2 Å². The van der Waals surface area contributed by atoms with Crippen molar-refractivity contribution in [3.8, 4) is 11.3 Å². The minimum Gasteiger partial charge on any atom is -0.393 e. The Balaban J connectivity index is 1.82. The van der Waals surface area contributed by atoms with Crippen molar-refractivity contribution >= 4 is 22.6 Å². The number of hydrogen-bond acceptors (Lipinski definition) is 4. The van der Waals surface area contributed by atoms with Crippen LogP contribution in [-0.4, -0.2) is 31.0 Å². The van der Waals surface area contributed by atoms with Gasteiger partial charge in [0.15, 0.2) is 5.65 Å². The lowest BCUT2D eigenvalue weighted by molar-refractivity contribution is 0.109. The third-order valence-electron chi connectivity index (χ3n) is 4.49. The minimum absolute atomic E-state index is 0.189. The van der Waals surface area contributed by atoms with E-state index in [0.717, 1.165) is 48.0 Å². The molecule has 1 fully saturated rings. The molecule has 0 aliphatic heterocycles. The Bertz CT molecular complexity index is 825. The highest BCUT2D eigenvalue weighted by molar-refractivity contribution is 6.28. The van der Waals surface area contributed by atoms with Crippen LogP contribution in [0, 0.1) is 0 Å². The zero-order valence-corrected chi connectivity index (χ0v) is 13.3. The summed E-state index contributed by atoms with van der Waals surface area (Å²) >= 11 is 6.16. The molecule has 0 saturated heterocycles. The maximum absolute atomic E-state index is 9.70. The molecular weight excluding hydrogens is 312 g/mol. The summed E-state index contributed by atoms with van der Waals surface area (Å²) in [5.41, 5.74) is 2.58. The first-order chi connectivity index (χ1) is 11.2. The molecule has 23 heavy (non-hydrogen) atoms. The lowest BCUT2D eigenvalue weighted by Crippen LogP contribution is -2.22. The van der Waals surface area contributed by atoms with Gasteiger partial charge in [-0.1, -0.05) is 30.3 Å². The SMILES string of the molecule is OC1CCC(n2ncc3c(-c4ccccc4)nc(Cl)nc32)CC1. The molecule has 5 nitrogen and oxygen atoms in total. The predicted octanol–water partition coefficient (Wildman–Crippen LogP) is 3.62. The van der Waals surface area contributed by atoms with E-state index in [-0.39, 0.29) is 17.4 Å². The molecule has 0 amide bonds. The standard InChI is InChI=1S/C17H17ClN4O/c18-17-20-15(11-4-2-1-3-5-11)14-10-19-22(16(14)21-17)12-6-8-13(23)9-7-12/h1-5,10,12-13,23H,6-9H2. The Morgan fingerprint density at radius 2 is 1.78 bits per heavy atom. The van der Waals surface area contributed by atoms with Gasteiger partial charge in [-0.05, 0) is 37.3 Å². The van der Waals surface area contributed by atoms with Crippen LogP contribution in [0.1, 0.15) is 31.7 Å². The van der Waals surface area contributed by atoms with E-state index in [2.05, 4.69) is 15.1 Å². The van der Waals surface area contributed by atoms with Gasteiger partial charge in [0.2, 0.25) is 5.28 Å². The van der Waals surface area contributed by atoms with Gasteiger partial charge in [-0.2, -0.15) is 10.1 Å². The summed E-state index contributed by atoms with van der Waals surface area (Å²) in [7, 11) is 0. The lowest BCUT2D eigenvalue weighted by Gasteiger charge is -2.25. The van der Waals surface area contributed by atoms with Gasteiger partial charge in [0, 0.05) is 5.56 Å². The summed E-state index contributed by atoms with van der Waals surface area (Å²) in [4.78, 5) is 8.81. The van der Waals surface area contributed by atoms with Crippen molar-refractivity contribution in [3.05, 3.63) is 41.8 Å². The van der Waals surface area contributed by atoms with Crippen molar-refractivity contribution in [1.29, 1.82) is 0 Å². The van der Waals surface area contributed by atoms with Crippen molar-refractivity contribution in [2.24, 2.45) is 0 Å². The van der Waals surface area contributed by atoms with E-state index >= 15 is 0 Å². The van der Waals surface area contributed by atoms with E-state index in [1.165, 1.54) is 0 Å². The fourth-order valence-electron chi connectivity index (χ4n) is 3.29. The molecule has 0 unspecified atom stereocenters. The van der Waals surface area contributed by atoms with E-state index in [1.54, 1.807) is 0 Å². The van der Waals surface area contributed by atoms with Crippen molar-refractivity contribution in [2.45, 2.75) is 37.8 Å².